The van der Waals surface area contributed by atoms with E-state index in [1.54, 1.807) is 57.0 Å². The molecule has 0 aliphatic heterocycles. The van der Waals surface area contributed by atoms with Crippen LogP contribution >= 0.6 is 0 Å². The Balaban J connectivity index is 1.68. The van der Waals surface area contributed by atoms with Gasteiger partial charge in [0.15, 0.2) is 11.5 Å². The van der Waals surface area contributed by atoms with E-state index >= 15 is 0 Å². The van der Waals surface area contributed by atoms with Crippen molar-refractivity contribution < 1.29 is 18.7 Å². The first-order chi connectivity index (χ1) is 12.7. The molecule has 1 amide bonds. The number of methoxy groups -OCH3 is 2. The average molecular weight is 353 g/mol. The van der Waals surface area contributed by atoms with Crippen LogP contribution in [0.25, 0.3) is 0 Å². The second-order valence-electron chi connectivity index (χ2n) is 5.39. The highest BCUT2D eigenvalue weighted by molar-refractivity contribution is 6.03. The number of carbonyl (C=O) groups is 1. The van der Waals surface area contributed by atoms with Gasteiger partial charge in [0.05, 0.1) is 27.0 Å². The van der Waals surface area contributed by atoms with Crippen molar-refractivity contribution in [2.45, 2.75) is 6.54 Å². The minimum absolute atomic E-state index is 0.296. The summed E-state index contributed by atoms with van der Waals surface area (Å²) in [5.41, 5.74) is 1.65. The number of hydrogen-bond acceptors (Lipinski definition) is 6. The van der Waals surface area contributed by atoms with E-state index in [1.807, 2.05) is 12.1 Å². The third kappa shape index (κ3) is 4.13. The summed E-state index contributed by atoms with van der Waals surface area (Å²) in [6.07, 6.45) is 3.19. The van der Waals surface area contributed by atoms with Crippen molar-refractivity contribution in [2.24, 2.45) is 0 Å². The molecular weight excluding hydrogens is 334 g/mol. The summed E-state index contributed by atoms with van der Waals surface area (Å²) in [6.45, 7) is 0.522. The van der Waals surface area contributed by atoms with Crippen LogP contribution in [0.15, 0.2) is 59.3 Å². The molecule has 2 N–H and O–H groups in total. The molecular formula is C19H19N3O4. The molecule has 0 unspecified atom stereocenters. The van der Waals surface area contributed by atoms with E-state index in [1.165, 1.54) is 0 Å². The molecule has 1 aromatic carbocycles. The standard InChI is InChI=1S/C19H19N3O4/c1-24-17-6-5-14(11-18(17)25-2)22-19(23)16-10-13(7-8-20-16)21-12-15-4-3-9-26-15/h3-11H,12H2,1-2H3,(H,20,21)(H,22,23). The number of benzene rings is 1. The fraction of sp³-hybridized carbons (Fsp3) is 0.158. The summed E-state index contributed by atoms with van der Waals surface area (Å²) in [6, 6.07) is 12.3. The molecule has 0 aliphatic rings. The van der Waals surface area contributed by atoms with E-state index in [-0.39, 0.29) is 5.91 Å². The number of pyridine rings is 1. The minimum Gasteiger partial charge on any atom is -0.493 e. The Bertz CT molecular complexity index is 878. The van der Waals surface area contributed by atoms with Crippen LogP contribution in [-0.2, 0) is 6.54 Å². The summed E-state index contributed by atoms with van der Waals surface area (Å²) in [5.74, 6) is 1.61. The molecule has 0 fully saturated rings. The molecule has 26 heavy (non-hydrogen) atoms. The number of aromatic nitrogens is 1. The number of ether oxygens (including phenoxy) is 2. The predicted octanol–water partition coefficient (Wildman–Crippen LogP) is 3.56. The van der Waals surface area contributed by atoms with E-state index in [2.05, 4.69) is 15.6 Å². The van der Waals surface area contributed by atoms with E-state index in [4.69, 9.17) is 13.9 Å². The molecule has 3 rings (SSSR count). The number of carbonyl (C=O) groups excluding carboxylic acids is 1. The Morgan fingerprint density at radius 3 is 2.65 bits per heavy atom. The summed E-state index contributed by atoms with van der Waals surface area (Å²) in [7, 11) is 3.10. The van der Waals surface area contributed by atoms with Crippen LogP contribution in [0.4, 0.5) is 11.4 Å². The number of rotatable bonds is 7. The molecule has 0 atom stereocenters. The van der Waals surface area contributed by atoms with Gasteiger partial charge in [0.2, 0.25) is 0 Å². The van der Waals surface area contributed by atoms with Gasteiger partial charge < -0.3 is 24.5 Å². The van der Waals surface area contributed by atoms with Crippen molar-refractivity contribution in [3.63, 3.8) is 0 Å². The topological polar surface area (TPSA) is 85.6 Å². The Labute approximate surface area is 151 Å². The van der Waals surface area contributed by atoms with Gasteiger partial charge in [0, 0.05) is 23.6 Å². The molecule has 7 heteroatoms. The highest BCUT2D eigenvalue weighted by Gasteiger charge is 2.11. The third-order valence-electron chi connectivity index (χ3n) is 3.68. The molecule has 0 saturated carbocycles. The molecule has 134 valence electrons. The zero-order valence-electron chi connectivity index (χ0n) is 14.5. The second kappa shape index (κ2) is 8.06. The number of nitrogens with one attached hydrogen (secondary N) is 2. The van der Waals surface area contributed by atoms with Gasteiger partial charge in [-0.15, -0.1) is 0 Å². The quantitative estimate of drug-likeness (QED) is 0.675. The highest BCUT2D eigenvalue weighted by atomic mass is 16.5. The van der Waals surface area contributed by atoms with Gasteiger partial charge in [0.1, 0.15) is 11.5 Å². The van der Waals surface area contributed by atoms with Gasteiger partial charge in [-0.2, -0.15) is 0 Å². The lowest BCUT2D eigenvalue weighted by Crippen LogP contribution is -2.14. The fourth-order valence-corrected chi connectivity index (χ4v) is 2.38. The Kier molecular flexibility index (Phi) is 5.38. The van der Waals surface area contributed by atoms with Crippen LogP contribution in [-0.4, -0.2) is 25.1 Å². The molecule has 7 nitrogen and oxygen atoms in total. The van der Waals surface area contributed by atoms with Gasteiger partial charge in [-0.1, -0.05) is 0 Å². The monoisotopic (exact) mass is 353 g/mol. The first kappa shape index (κ1) is 17.3. The Hall–Kier alpha value is -3.48. The molecule has 2 aromatic heterocycles. The lowest BCUT2D eigenvalue weighted by Gasteiger charge is -2.11. The summed E-state index contributed by atoms with van der Waals surface area (Å²) >= 11 is 0. The predicted molar refractivity (Wildman–Crippen MR) is 97.8 cm³/mol. The maximum absolute atomic E-state index is 12.5. The summed E-state index contributed by atoms with van der Waals surface area (Å²) in [5, 5.41) is 5.99. The van der Waals surface area contributed by atoms with Crippen LogP contribution in [0, 0.1) is 0 Å². The first-order valence-corrected chi connectivity index (χ1v) is 7.95. The number of furan rings is 1. The van der Waals surface area contributed by atoms with Gasteiger partial charge in [0.25, 0.3) is 5.91 Å². The maximum atomic E-state index is 12.5. The van der Waals surface area contributed by atoms with Crippen molar-refractivity contribution in [3.8, 4) is 11.5 Å². The highest BCUT2D eigenvalue weighted by Crippen LogP contribution is 2.29. The third-order valence-corrected chi connectivity index (χ3v) is 3.68. The van der Waals surface area contributed by atoms with Crippen LogP contribution in [0.5, 0.6) is 11.5 Å². The molecule has 0 aliphatic carbocycles. The largest absolute Gasteiger partial charge is 0.493 e. The van der Waals surface area contributed by atoms with Gasteiger partial charge in [-0.3, -0.25) is 9.78 Å². The zero-order valence-corrected chi connectivity index (χ0v) is 14.5. The van der Waals surface area contributed by atoms with E-state index in [9.17, 15) is 4.79 Å². The molecule has 0 spiro atoms. The van der Waals surface area contributed by atoms with Crippen molar-refractivity contribution >= 4 is 17.3 Å². The normalized spacial score (nSPS) is 10.2. The second-order valence-corrected chi connectivity index (χ2v) is 5.39. The molecule has 0 radical (unpaired) electrons. The Morgan fingerprint density at radius 2 is 1.92 bits per heavy atom. The van der Waals surface area contributed by atoms with Crippen molar-refractivity contribution in [1.82, 2.24) is 4.98 Å². The van der Waals surface area contributed by atoms with Crippen molar-refractivity contribution in [2.75, 3.05) is 24.9 Å². The van der Waals surface area contributed by atoms with E-state index < -0.39 is 0 Å². The maximum Gasteiger partial charge on any atom is 0.274 e. The molecule has 0 saturated heterocycles. The number of hydrogen-bond donors (Lipinski definition) is 2. The minimum atomic E-state index is -0.320. The van der Waals surface area contributed by atoms with Crippen LogP contribution in [0.1, 0.15) is 16.2 Å². The van der Waals surface area contributed by atoms with Crippen LogP contribution in [0.3, 0.4) is 0 Å². The van der Waals surface area contributed by atoms with Gasteiger partial charge >= 0.3 is 0 Å². The first-order valence-electron chi connectivity index (χ1n) is 7.95. The van der Waals surface area contributed by atoms with Crippen molar-refractivity contribution in [3.05, 3.63) is 66.4 Å². The van der Waals surface area contributed by atoms with Crippen molar-refractivity contribution in [1.29, 1.82) is 0 Å². The molecule has 3 aromatic rings. The number of anilines is 2. The number of amides is 1. The van der Waals surface area contributed by atoms with E-state index in [0.717, 1.165) is 11.4 Å². The SMILES string of the molecule is COc1ccc(NC(=O)c2cc(NCc3ccco3)ccn2)cc1OC. The summed E-state index contributed by atoms with van der Waals surface area (Å²) in [4.78, 5) is 16.6. The van der Waals surface area contributed by atoms with Gasteiger partial charge in [-0.05, 0) is 36.4 Å². The molecule has 2 heterocycles. The average Bonchev–Trinajstić information content (AvgIpc) is 3.20. The van der Waals surface area contributed by atoms with Crippen LogP contribution < -0.4 is 20.1 Å². The summed E-state index contributed by atoms with van der Waals surface area (Å²) < 4.78 is 15.7. The van der Waals surface area contributed by atoms with E-state index in [0.29, 0.717) is 29.4 Å². The molecule has 0 bridgehead atoms. The Morgan fingerprint density at radius 1 is 1.08 bits per heavy atom. The van der Waals surface area contributed by atoms with Crippen LogP contribution in [0.2, 0.25) is 0 Å². The lowest BCUT2D eigenvalue weighted by molar-refractivity contribution is 0.102. The number of nitrogens with zero attached hydrogens (tertiary/aromatic N) is 1. The smallest absolute Gasteiger partial charge is 0.274 e. The fourth-order valence-electron chi connectivity index (χ4n) is 2.38. The zero-order chi connectivity index (χ0) is 18.4. The lowest BCUT2D eigenvalue weighted by atomic mass is 10.2. The van der Waals surface area contributed by atoms with Gasteiger partial charge in [-0.25, -0.2) is 0 Å².